The van der Waals surface area contributed by atoms with Crippen LogP contribution in [0, 0.1) is 12.7 Å². The number of amides is 1. The van der Waals surface area contributed by atoms with E-state index in [2.05, 4.69) is 31.3 Å². The molecule has 0 saturated heterocycles. The number of halogens is 4. The Balaban J connectivity index is 2.34. The molecule has 8 heteroatoms. The minimum absolute atomic E-state index is 0.00109. The fourth-order valence-corrected chi connectivity index (χ4v) is 2.62. The second-order valence-corrected chi connectivity index (χ2v) is 6.06. The molecule has 0 aromatic heterocycles. The highest BCUT2D eigenvalue weighted by atomic mass is 79.9. The van der Waals surface area contributed by atoms with Gasteiger partial charge in [0.05, 0.1) is 15.7 Å². The first-order valence-corrected chi connectivity index (χ1v) is 8.11. The van der Waals surface area contributed by atoms with Crippen molar-refractivity contribution in [1.82, 2.24) is 5.32 Å². The van der Waals surface area contributed by atoms with Gasteiger partial charge in [-0.1, -0.05) is 17.7 Å². The summed E-state index contributed by atoms with van der Waals surface area (Å²) in [5.41, 5.74) is 1.33. The molecule has 0 aliphatic carbocycles. The molecule has 0 spiro atoms. The second-order valence-electron chi connectivity index (χ2n) is 5.21. The fraction of sp³-hybridized carbons (Fsp3) is 0.235. The molecule has 2 rings (SSSR count). The van der Waals surface area contributed by atoms with Gasteiger partial charge >= 0.3 is 6.61 Å². The van der Waals surface area contributed by atoms with Crippen molar-refractivity contribution < 1.29 is 22.7 Å². The number of carbonyl (C=O) groups excluding carboxylic acids is 1. The van der Waals surface area contributed by atoms with E-state index in [1.54, 1.807) is 19.1 Å². The van der Waals surface area contributed by atoms with Crippen LogP contribution >= 0.6 is 15.9 Å². The third-order valence-electron chi connectivity index (χ3n) is 3.45. The zero-order valence-corrected chi connectivity index (χ0v) is 15.1. The monoisotopic (exact) mass is 416 g/mol. The third kappa shape index (κ3) is 4.66. The van der Waals surface area contributed by atoms with Crippen LogP contribution in [0.25, 0.3) is 0 Å². The standard InChI is InChI=1S/C17H16BrF3N2O2/c1-9-3-6-13(25-17(20)21)10(7-9)8-23-15-11(16(24)22-2)4-5-12(18)14(15)19/h3-7,17,23H,8H2,1-2H3,(H,22,24). The molecular formula is C17H16BrF3N2O2. The van der Waals surface area contributed by atoms with E-state index in [9.17, 15) is 18.0 Å². The van der Waals surface area contributed by atoms with E-state index in [1.165, 1.54) is 25.2 Å². The quantitative estimate of drug-likeness (QED) is 0.730. The summed E-state index contributed by atoms with van der Waals surface area (Å²) >= 11 is 3.07. The molecule has 25 heavy (non-hydrogen) atoms. The number of hydrogen-bond donors (Lipinski definition) is 2. The molecule has 0 atom stereocenters. The molecule has 0 bridgehead atoms. The first-order valence-electron chi connectivity index (χ1n) is 7.31. The van der Waals surface area contributed by atoms with Crippen LogP contribution in [0.5, 0.6) is 5.75 Å². The average molecular weight is 417 g/mol. The smallest absolute Gasteiger partial charge is 0.387 e. The van der Waals surface area contributed by atoms with Crippen LogP contribution in [0.4, 0.5) is 18.9 Å². The molecule has 4 nitrogen and oxygen atoms in total. The van der Waals surface area contributed by atoms with Gasteiger partial charge in [-0.2, -0.15) is 8.78 Å². The van der Waals surface area contributed by atoms with Crippen molar-refractivity contribution in [3.8, 4) is 5.75 Å². The highest BCUT2D eigenvalue weighted by Gasteiger charge is 2.18. The van der Waals surface area contributed by atoms with E-state index in [0.29, 0.717) is 5.56 Å². The Labute approximate surface area is 151 Å². The van der Waals surface area contributed by atoms with Gasteiger partial charge in [0.1, 0.15) is 5.75 Å². The summed E-state index contributed by atoms with van der Waals surface area (Å²) in [6.45, 7) is -1.17. The summed E-state index contributed by atoms with van der Waals surface area (Å²) in [4.78, 5) is 11.9. The number of carbonyl (C=O) groups is 1. The van der Waals surface area contributed by atoms with Crippen LogP contribution in [0.2, 0.25) is 0 Å². The van der Waals surface area contributed by atoms with Gasteiger partial charge in [0, 0.05) is 19.2 Å². The summed E-state index contributed by atoms with van der Waals surface area (Å²) in [6.07, 6.45) is 0. The molecule has 2 N–H and O–H groups in total. The molecule has 0 unspecified atom stereocenters. The summed E-state index contributed by atoms with van der Waals surface area (Å²) in [5, 5.41) is 5.23. The van der Waals surface area contributed by atoms with E-state index in [0.717, 1.165) is 5.56 Å². The van der Waals surface area contributed by atoms with Gasteiger partial charge in [-0.25, -0.2) is 4.39 Å². The topological polar surface area (TPSA) is 50.4 Å². The van der Waals surface area contributed by atoms with Crippen LogP contribution in [0.3, 0.4) is 0 Å². The average Bonchev–Trinajstić information content (AvgIpc) is 2.57. The van der Waals surface area contributed by atoms with Gasteiger partial charge in [0.25, 0.3) is 5.91 Å². The highest BCUT2D eigenvalue weighted by Crippen LogP contribution is 2.29. The van der Waals surface area contributed by atoms with Gasteiger partial charge in [-0.15, -0.1) is 0 Å². The number of rotatable bonds is 6. The fourth-order valence-electron chi connectivity index (χ4n) is 2.29. The number of aryl methyl sites for hydroxylation is 1. The summed E-state index contributed by atoms with van der Waals surface area (Å²) < 4.78 is 44.1. The molecule has 2 aromatic carbocycles. The van der Waals surface area contributed by atoms with Crippen LogP contribution in [0.15, 0.2) is 34.8 Å². The zero-order chi connectivity index (χ0) is 18.6. The predicted molar refractivity (Wildman–Crippen MR) is 92.6 cm³/mol. The number of alkyl halides is 2. The number of benzene rings is 2. The third-order valence-corrected chi connectivity index (χ3v) is 4.07. The maximum atomic E-state index is 14.4. The van der Waals surface area contributed by atoms with Crippen molar-refractivity contribution in [3.63, 3.8) is 0 Å². The predicted octanol–water partition coefficient (Wildman–Crippen LogP) is 4.47. The van der Waals surface area contributed by atoms with Gasteiger partial charge in [-0.05, 0) is 41.1 Å². The Morgan fingerprint density at radius 2 is 2.00 bits per heavy atom. The highest BCUT2D eigenvalue weighted by molar-refractivity contribution is 9.10. The first-order chi connectivity index (χ1) is 11.8. The lowest BCUT2D eigenvalue weighted by Gasteiger charge is -2.16. The Kier molecular flexibility index (Phi) is 6.30. The van der Waals surface area contributed by atoms with Crippen molar-refractivity contribution in [2.45, 2.75) is 20.1 Å². The van der Waals surface area contributed by atoms with E-state index < -0.39 is 18.3 Å². The Morgan fingerprint density at radius 1 is 1.28 bits per heavy atom. The van der Waals surface area contributed by atoms with Crippen molar-refractivity contribution in [3.05, 3.63) is 57.3 Å². The lowest BCUT2D eigenvalue weighted by Crippen LogP contribution is -2.20. The normalized spacial score (nSPS) is 10.7. The van der Waals surface area contributed by atoms with Crippen molar-refractivity contribution in [1.29, 1.82) is 0 Å². The van der Waals surface area contributed by atoms with E-state index in [4.69, 9.17) is 0 Å². The van der Waals surface area contributed by atoms with E-state index >= 15 is 0 Å². The van der Waals surface area contributed by atoms with Gasteiger partial charge in [0.2, 0.25) is 0 Å². The summed E-state index contributed by atoms with van der Waals surface area (Å²) in [6, 6.07) is 7.59. The summed E-state index contributed by atoms with van der Waals surface area (Å²) in [7, 11) is 1.43. The Hall–Kier alpha value is -2.22. The second kappa shape index (κ2) is 8.24. The molecule has 0 aliphatic rings. The molecule has 0 radical (unpaired) electrons. The minimum atomic E-state index is -2.97. The van der Waals surface area contributed by atoms with Crippen LogP contribution in [0.1, 0.15) is 21.5 Å². The van der Waals surface area contributed by atoms with Gasteiger partial charge in [0.15, 0.2) is 5.82 Å². The molecule has 0 saturated carbocycles. The molecule has 2 aromatic rings. The van der Waals surface area contributed by atoms with Gasteiger partial charge in [-0.3, -0.25) is 4.79 Å². The largest absolute Gasteiger partial charge is 0.434 e. The number of ether oxygens (including phenoxy) is 1. The van der Waals surface area contributed by atoms with Crippen molar-refractivity contribution >= 4 is 27.5 Å². The Bertz CT molecular complexity index is 785. The number of hydrogen-bond acceptors (Lipinski definition) is 3. The maximum Gasteiger partial charge on any atom is 0.387 e. The van der Waals surface area contributed by atoms with Crippen LogP contribution in [-0.2, 0) is 6.54 Å². The summed E-state index contributed by atoms with van der Waals surface area (Å²) in [5.74, 6) is -1.13. The first kappa shape index (κ1) is 19.1. The van der Waals surface area contributed by atoms with Gasteiger partial charge < -0.3 is 15.4 Å². The van der Waals surface area contributed by atoms with Crippen molar-refractivity contribution in [2.75, 3.05) is 12.4 Å². The number of anilines is 1. The molecule has 0 aliphatic heterocycles. The lowest BCUT2D eigenvalue weighted by molar-refractivity contribution is -0.0504. The molecule has 0 fully saturated rings. The van der Waals surface area contributed by atoms with E-state index in [1.807, 2.05) is 0 Å². The Morgan fingerprint density at radius 3 is 2.64 bits per heavy atom. The molecule has 1 amide bonds. The molecule has 0 heterocycles. The number of nitrogens with one attached hydrogen (secondary N) is 2. The maximum absolute atomic E-state index is 14.4. The van der Waals surface area contributed by atoms with Crippen LogP contribution < -0.4 is 15.4 Å². The molecule has 134 valence electrons. The minimum Gasteiger partial charge on any atom is -0.434 e. The molecular weight excluding hydrogens is 401 g/mol. The SMILES string of the molecule is CNC(=O)c1ccc(Br)c(F)c1NCc1cc(C)ccc1OC(F)F. The zero-order valence-electron chi connectivity index (χ0n) is 13.5. The lowest BCUT2D eigenvalue weighted by atomic mass is 10.1. The van der Waals surface area contributed by atoms with E-state index in [-0.39, 0.29) is 28.0 Å². The van der Waals surface area contributed by atoms with Crippen molar-refractivity contribution in [2.24, 2.45) is 0 Å². The van der Waals surface area contributed by atoms with Crippen LogP contribution in [-0.4, -0.2) is 19.6 Å².